The van der Waals surface area contributed by atoms with Crippen LogP contribution in [0.2, 0.25) is 10.0 Å². The lowest BCUT2D eigenvalue weighted by molar-refractivity contribution is 0.600. The summed E-state index contributed by atoms with van der Waals surface area (Å²) in [5.41, 5.74) is 2.57. The van der Waals surface area contributed by atoms with Crippen molar-refractivity contribution in [2.24, 2.45) is 0 Å². The van der Waals surface area contributed by atoms with Gasteiger partial charge in [0.15, 0.2) is 5.82 Å². The van der Waals surface area contributed by atoms with Gasteiger partial charge in [0.05, 0.1) is 26.0 Å². The molecule has 9 heteroatoms. The molecule has 0 aliphatic rings. The zero-order chi connectivity index (χ0) is 19.8. The van der Waals surface area contributed by atoms with Gasteiger partial charge in [-0.05, 0) is 59.1 Å². The molecule has 0 saturated heterocycles. The van der Waals surface area contributed by atoms with Gasteiger partial charge in [-0.2, -0.15) is 5.10 Å². The number of nitrogens with one attached hydrogen (secondary N) is 1. The lowest BCUT2D eigenvalue weighted by atomic mass is 10.2. The second-order valence-electron chi connectivity index (χ2n) is 6.15. The first kappa shape index (κ1) is 20.2. The predicted octanol–water partition coefficient (Wildman–Crippen LogP) is 5.42. The Morgan fingerprint density at radius 3 is 2.52 bits per heavy atom. The molecule has 0 saturated carbocycles. The molecule has 0 fully saturated rings. The summed E-state index contributed by atoms with van der Waals surface area (Å²) in [5, 5.41) is 5.25. The van der Waals surface area contributed by atoms with E-state index in [1.165, 1.54) is 0 Å². The van der Waals surface area contributed by atoms with Gasteiger partial charge < -0.3 is 0 Å². The van der Waals surface area contributed by atoms with Crippen LogP contribution in [0.5, 0.6) is 0 Å². The molecule has 27 heavy (non-hydrogen) atoms. The Balaban J connectivity index is 1.84. The van der Waals surface area contributed by atoms with E-state index in [1.54, 1.807) is 42.1 Å². The average molecular weight is 489 g/mol. The number of hydrogen-bond acceptors (Lipinski definition) is 3. The molecule has 1 heterocycles. The maximum absolute atomic E-state index is 12.7. The quantitative estimate of drug-likeness (QED) is 0.521. The van der Waals surface area contributed by atoms with Crippen molar-refractivity contribution in [1.29, 1.82) is 0 Å². The van der Waals surface area contributed by atoms with Crippen LogP contribution in [-0.4, -0.2) is 18.2 Å². The van der Waals surface area contributed by atoms with Crippen LogP contribution in [0.15, 0.2) is 52.0 Å². The van der Waals surface area contributed by atoms with E-state index < -0.39 is 10.0 Å². The van der Waals surface area contributed by atoms with Crippen molar-refractivity contribution in [3.8, 4) is 0 Å². The summed E-state index contributed by atoms with van der Waals surface area (Å²) in [6.45, 7) is 4.10. The third kappa shape index (κ3) is 4.66. The van der Waals surface area contributed by atoms with Crippen LogP contribution in [0.3, 0.4) is 0 Å². The Hall–Kier alpha value is -1.54. The van der Waals surface area contributed by atoms with Crippen molar-refractivity contribution in [3.63, 3.8) is 0 Å². The molecule has 0 bridgehead atoms. The number of rotatable bonds is 5. The lowest BCUT2D eigenvalue weighted by Gasteiger charge is -2.09. The van der Waals surface area contributed by atoms with Crippen molar-refractivity contribution in [2.75, 3.05) is 4.72 Å². The molecule has 2 aromatic carbocycles. The number of sulfonamides is 1. The summed E-state index contributed by atoms with van der Waals surface area (Å²) in [6.07, 6.45) is 1.70. The van der Waals surface area contributed by atoms with Crippen LogP contribution < -0.4 is 4.72 Å². The fraction of sp³-hybridized carbons (Fsp3) is 0.167. The van der Waals surface area contributed by atoms with E-state index in [-0.39, 0.29) is 10.7 Å². The normalized spacial score (nSPS) is 11.6. The van der Waals surface area contributed by atoms with Gasteiger partial charge in [-0.1, -0.05) is 47.0 Å². The minimum atomic E-state index is -3.75. The van der Waals surface area contributed by atoms with Crippen LogP contribution in [0.1, 0.15) is 16.7 Å². The molecule has 1 N–H and O–H groups in total. The summed E-state index contributed by atoms with van der Waals surface area (Å²) in [4.78, 5) is 0.221. The second kappa shape index (κ2) is 7.83. The Kier molecular flexibility index (Phi) is 5.86. The van der Waals surface area contributed by atoms with Crippen LogP contribution >= 0.6 is 39.1 Å². The highest BCUT2D eigenvalue weighted by Crippen LogP contribution is 2.27. The SMILES string of the molecule is Cc1ccc(S(=O)(=O)Nc2nn(Cc3ccc(Cl)c(Cl)c3)cc2Br)c(C)c1. The molecule has 0 spiro atoms. The summed E-state index contributed by atoms with van der Waals surface area (Å²) < 4.78 is 30.1. The number of nitrogens with zero attached hydrogens (tertiary/aromatic N) is 2. The van der Waals surface area contributed by atoms with E-state index in [0.717, 1.165) is 11.1 Å². The monoisotopic (exact) mass is 487 g/mol. The largest absolute Gasteiger partial charge is 0.265 e. The first-order valence-electron chi connectivity index (χ1n) is 7.92. The van der Waals surface area contributed by atoms with Crippen molar-refractivity contribution in [3.05, 3.63) is 73.8 Å². The molecule has 0 radical (unpaired) electrons. The molecular weight excluding hydrogens is 473 g/mol. The standard InChI is InChI=1S/C18H16BrCl2N3O2S/c1-11-3-6-17(12(2)7-11)27(25,26)23-18-14(19)10-24(22-18)9-13-4-5-15(20)16(21)8-13/h3-8,10H,9H2,1-2H3,(H,22,23). The number of aryl methyl sites for hydroxylation is 2. The van der Waals surface area contributed by atoms with Gasteiger partial charge in [0.2, 0.25) is 0 Å². The highest BCUT2D eigenvalue weighted by atomic mass is 79.9. The van der Waals surface area contributed by atoms with E-state index in [0.29, 0.717) is 26.6 Å². The first-order valence-corrected chi connectivity index (χ1v) is 11.0. The number of benzene rings is 2. The molecule has 1 aromatic heterocycles. The Morgan fingerprint density at radius 2 is 1.85 bits per heavy atom. The molecule has 0 unspecified atom stereocenters. The fourth-order valence-corrected chi connectivity index (χ4v) is 4.77. The van der Waals surface area contributed by atoms with Crippen molar-refractivity contribution < 1.29 is 8.42 Å². The van der Waals surface area contributed by atoms with Crippen LogP contribution in [0.25, 0.3) is 0 Å². The number of halogens is 3. The zero-order valence-corrected chi connectivity index (χ0v) is 18.4. The smallest absolute Gasteiger partial charge is 0.263 e. The summed E-state index contributed by atoms with van der Waals surface area (Å²) in [7, 11) is -3.75. The third-order valence-electron chi connectivity index (χ3n) is 3.90. The zero-order valence-electron chi connectivity index (χ0n) is 14.5. The molecule has 0 aliphatic heterocycles. The van der Waals surface area contributed by atoms with Crippen LogP contribution in [0.4, 0.5) is 5.82 Å². The molecule has 0 amide bonds. The summed E-state index contributed by atoms with van der Waals surface area (Å²) >= 11 is 15.3. The van der Waals surface area contributed by atoms with E-state index >= 15 is 0 Å². The lowest BCUT2D eigenvalue weighted by Crippen LogP contribution is -2.15. The van der Waals surface area contributed by atoms with Gasteiger partial charge in [0.25, 0.3) is 10.0 Å². The molecule has 3 rings (SSSR count). The third-order valence-corrected chi connectivity index (χ3v) is 6.72. The summed E-state index contributed by atoms with van der Waals surface area (Å²) in [5.74, 6) is 0.218. The minimum Gasteiger partial charge on any atom is -0.265 e. The maximum Gasteiger partial charge on any atom is 0.263 e. The van der Waals surface area contributed by atoms with E-state index in [9.17, 15) is 8.42 Å². The van der Waals surface area contributed by atoms with E-state index in [2.05, 4.69) is 25.8 Å². The number of hydrogen-bond donors (Lipinski definition) is 1. The second-order valence-corrected chi connectivity index (χ2v) is 9.47. The number of anilines is 1. The van der Waals surface area contributed by atoms with Gasteiger partial charge in [0, 0.05) is 6.20 Å². The van der Waals surface area contributed by atoms with Gasteiger partial charge >= 0.3 is 0 Å². The molecule has 0 atom stereocenters. The van der Waals surface area contributed by atoms with E-state index in [4.69, 9.17) is 23.2 Å². The number of aromatic nitrogens is 2. The fourth-order valence-electron chi connectivity index (χ4n) is 2.66. The maximum atomic E-state index is 12.7. The minimum absolute atomic E-state index is 0.218. The van der Waals surface area contributed by atoms with Crippen molar-refractivity contribution >= 4 is 55.0 Å². The molecule has 5 nitrogen and oxygen atoms in total. The van der Waals surface area contributed by atoms with Gasteiger partial charge in [-0.3, -0.25) is 9.40 Å². The predicted molar refractivity (Wildman–Crippen MR) is 112 cm³/mol. The molecule has 0 aliphatic carbocycles. The Bertz CT molecular complexity index is 1110. The highest BCUT2D eigenvalue weighted by Gasteiger charge is 2.20. The van der Waals surface area contributed by atoms with E-state index in [1.807, 2.05) is 19.1 Å². The Morgan fingerprint density at radius 1 is 1.11 bits per heavy atom. The first-order chi connectivity index (χ1) is 12.7. The topological polar surface area (TPSA) is 64.0 Å². The average Bonchev–Trinajstić information content (AvgIpc) is 2.89. The van der Waals surface area contributed by atoms with Gasteiger partial charge in [-0.25, -0.2) is 8.42 Å². The van der Waals surface area contributed by atoms with Crippen molar-refractivity contribution in [2.45, 2.75) is 25.3 Å². The molecule has 142 valence electrons. The molecular formula is C18H16BrCl2N3O2S. The summed E-state index contributed by atoms with van der Waals surface area (Å²) in [6, 6.07) is 10.5. The van der Waals surface area contributed by atoms with Gasteiger partial charge in [-0.15, -0.1) is 0 Å². The van der Waals surface area contributed by atoms with Gasteiger partial charge in [0.1, 0.15) is 0 Å². The highest BCUT2D eigenvalue weighted by molar-refractivity contribution is 9.10. The molecule has 3 aromatic rings. The van der Waals surface area contributed by atoms with Crippen LogP contribution in [0, 0.1) is 13.8 Å². The van der Waals surface area contributed by atoms with Crippen LogP contribution in [-0.2, 0) is 16.6 Å². The van der Waals surface area contributed by atoms with Crippen molar-refractivity contribution in [1.82, 2.24) is 9.78 Å². The Labute approximate surface area is 176 Å².